The first-order valence-corrected chi connectivity index (χ1v) is 10.3. The fourth-order valence-electron chi connectivity index (χ4n) is 4.90. The van der Waals surface area contributed by atoms with Crippen molar-refractivity contribution < 1.29 is 9.59 Å². The third-order valence-corrected chi connectivity index (χ3v) is 6.50. The van der Waals surface area contributed by atoms with Gasteiger partial charge in [0.1, 0.15) is 0 Å². The molecule has 2 fully saturated rings. The van der Waals surface area contributed by atoms with E-state index in [9.17, 15) is 9.59 Å². The predicted molar refractivity (Wildman–Crippen MR) is 110 cm³/mol. The molecule has 0 aromatic heterocycles. The van der Waals surface area contributed by atoms with Crippen LogP contribution in [0.1, 0.15) is 42.4 Å². The zero-order chi connectivity index (χ0) is 19.6. The Morgan fingerprint density at radius 1 is 1.00 bits per heavy atom. The van der Waals surface area contributed by atoms with E-state index in [2.05, 4.69) is 41.4 Å². The second-order valence-electron chi connectivity index (χ2n) is 8.25. The minimum absolute atomic E-state index is 0.105. The molecular weight excluding hydrogens is 348 g/mol. The molecule has 0 saturated carbocycles. The summed E-state index contributed by atoms with van der Waals surface area (Å²) in [5, 5.41) is 2.63. The van der Waals surface area contributed by atoms with Crippen LogP contribution in [0.5, 0.6) is 0 Å². The van der Waals surface area contributed by atoms with Gasteiger partial charge in [0.25, 0.3) is 0 Å². The molecule has 0 aliphatic carbocycles. The third-order valence-electron chi connectivity index (χ3n) is 6.50. The standard InChI is InChI=1S/C24H28N2O2/c1-18-7-9-19(10-8-18)17-26-15-12-21(13-16-26)24(20-5-3-2-4-6-20)14-11-22(27)25-23(24)28/h2-10,21H,11-17H2,1H3,(H,25,27,28). The molecule has 2 aliphatic rings. The topological polar surface area (TPSA) is 49.4 Å². The van der Waals surface area contributed by atoms with Gasteiger partial charge in [-0.25, -0.2) is 0 Å². The number of carbonyl (C=O) groups excluding carboxylic acids is 2. The summed E-state index contributed by atoms with van der Waals surface area (Å²) in [5.41, 5.74) is 3.09. The largest absolute Gasteiger partial charge is 0.299 e. The number of piperidine rings is 2. The average molecular weight is 377 g/mol. The van der Waals surface area contributed by atoms with Gasteiger partial charge < -0.3 is 0 Å². The van der Waals surface area contributed by atoms with Crippen LogP contribution in [0.25, 0.3) is 0 Å². The molecule has 2 aromatic rings. The van der Waals surface area contributed by atoms with Crippen molar-refractivity contribution in [2.45, 2.75) is 44.6 Å². The zero-order valence-electron chi connectivity index (χ0n) is 16.5. The summed E-state index contributed by atoms with van der Waals surface area (Å²) in [7, 11) is 0. The number of rotatable bonds is 4. The second-order valence-corrected chi connectivity index (χ2v) is 8.25. The number of carbonyl (C=O) groups is 2. The highest BCUT2D eigenvalue weighted by molar-refractivity contribution is 6.03. The lowest BCUT2D eigenvalue weighted by molar-refractivity contribution is -0.140. The van der Waals surface area contributed by atoms with E-state index < -0.39 is 5.41 Å². The summed E-state index contributed by atoms with van der Waals surface area (Å²) in [6.45, 7) is 5.02. The molecule has 2 amide bonds. The van der Waals surface area contributed by atoms with Crippen LogP contribution >= 0.6 is 0 Å². The SMILES string of the molecule is Cc1ccc(CN2CCC(C3(c4ccccc4)CCC(=O)NC3=O)CC2)cc1. The van der Waals surface area contributed by atoms with Crippen LogP contribution in [0, 0.1) is 12.8 Å². The summed E-state index contributed by atoms with van der Waals surface area (Å²) in [6.07, 6.45) is 2.99. The van der Waals surface area contributed by atoms with E-state index >= 15 is 0 Å². The molecule has 2 heterocycles. The Morgan fingerprint density at radius 3 is 2.32 bits per heavy atom. The molecule has 0 spiro atoms. The molecule has 1 atom stereocenters. The van der Waals surface area contributed by atoms with Crippen LogP contribution in [-0.2, 0) is 21.5 Å². The molecule has 1 unspecified atom stereocenters. The lowest BCUT2D eigenvalue weighted by atomic mass is 9.62. The fourth-order valence-corrected chi connectivity index (χ4v) is 4.90. The van der Waals surface area contributed by atoms with Gasteiger partial charge in [-0.3, -0.25) is 19.8 Å². The van der Waals surface area contributed by atoms with Gasteiger partial charge in [-0.2, -0.15) is 0 Å². The smallest absolute Gasteiger partial charge is 0.237 e. The first kappa shape index (κ1) is 18.9. The molecule has 28 heavy (non-hydrogen) atoms. The van der Waals surface area contributed by atoms with Crippen molar-refractivity contribution in [2.24, 2.45) is 5.92 Å². The van der Waals surface area contributed by atoms with Gasteiger partial charge >= 0.3 is 0 Å². The first-order chi connectivity index (χ1) is 13.6. The molecule has 2 aromatic carbocycles. The predicted octanol–water partition coefficient (Wildman–Crippen LogP) is 3.58. The fraction of sp³-hybridized carbons (Fsp3) is 0.417. The Labute approximate surface area is 166 Å². The van der Waals surface area contributed by atoms with E-state index in [0.717, 1.165) is 38.0 Å². The number of aryl methyl sites for hydroxylation is 1. The molecule has 2 aliphatic heterocycles. The highest BCUT2D eigenvalue weighted by Gasteiger charge is 2.50. The van der Waals surface area contributed by atoms with Crippen LogP contribution in [0.2, 0.25) is 0 Å². The van der Waals surface area contributed by atoms with Crippen molar-refractivity contribution in [3.63, 3.8) is 0 Å². The summed E-state index contributed by atoms with van der Waals surface area (Å²) in [4.78, 5) is 27.4. The minimum atomic E-state index is -0.578. The highest BCUT2D eigenvalue weighted by Crippen LogP contribution is 2.44. The van der Waals surface area contributed by atoms with Gasteiger partial charge in [0.05, 0.1) is 5.41 Å². The second kappa shape index (κ2) is 7.88. The van der Waals surface area contributed by atoms with Crippen molar-refractivity contribution in [3.8, 4) is 0 Å². The van der Waals surface area contributed by atoms with Gasteiger partial charge in [0, 0.05) is 13.0 Å². The molecule has 2 saturated heterocycles. The van der Waals surface area contributed by atoms with Gasteiger partial charge in [-0.15, -0.1) is 0 Å². The van der Waals surface area contributed by atoms with Crippen LogP contribution in [0.3, 0.4) is 0 Å². The van der Waals surface area contributed by atoms with Crippen molar-refractivity contribution >= 4 is 11.8 Å². The van der Waals surface area contributed by atoms with Gasteiger partial charge in [0.2, 0.25) is 11.8 Å². The van der Waals surface area contributed by atoms with Crippen molar-refractivity contribution in [1.82, 2.24) is 10.2 Å². The number of imide groups is 1. The number of hydrogen-bond donors (Lipinski definition) is 1. The monoisotopic (exact) mass is 376 g/mol. The summed E-state index contributed by atoms with van der Waals surface area (Å²) >= 11 is 0. The summed E-state index contributed by atoms with van der Waals surface area (Å²) in [6, 6.07) is 18.8. The lowest BCUT2D eigenvalue weighted by Gasteiger charge is -2.45. The number of likely N-dealkylation sites (tertiary alicyclic amines) is 1. The van der Waals surface area contributed by atoms with E-state index in [-0.39, 0.29) is 17.7 Å². The average Bonchev–Trinajstić information content (AvgIpc) is 2.72. The Morgan fingerprint density at radius 2 is 1.68 bits per heavy atom. The van der Waals surface area contributed by atoms with Crippen molar-refractivity contribution in [1.29, 1.82) is 0 Å². The normalized spacial score (nSPS) is 24.2. The number of nitrogens with zero attached hydrogens (tertiary/aromatic N) is 1. The number of amides is 2. The van der Waals surface area contributed by atoms with E-state index in [1.54, 1.807) is 0 Å². The van der Waals surface area contributed by atoms with Gasteiger partial charge in [0.15, 0.2) is 0 Å². The van der Waals surface area contributed by atoms with Crippen LogP contribution in [-0.4, -0.2) is 29.8 Å². The molecular formula is C24H28N2O2. The first-order valence-electron chi connectivity index (χ1n) is 10.3. The van der Waals surface area contributed by atoms with Gasteiger partial charge in [-0.05, 0) is 56.3 Å². The van der Waals surface area contributed by atoms with Crippen LogP contribution in [0.4, 0.5) is 0 Å². The molecule has 4 nitrogen and oxygen atoms in total. The number of benzene rings is 2. The molecule has 0 radical (unpaired) electrons. The maximum Gasteiger partial charge on any atom is 0.237 e. The third kappa shape index (κ3) is 3.61. The Kier molecular flexibility index (Phi) is 5.31. The maximum atomic E-state index is 13.1. The molecule has 4 rings (SSSR count). The Hall–Kier alpha value is -2.46. The zero-order valence-corrected chi connectivity index (χ0v) is 16.5. The molecule has 0 bridgehead atoms. The lowest BCUT2D eigenvalue weighted by Crippen LogP contribution is -2.57. The van der Waals surface area contributed by atoms with Crippen LogP contribution < -0.4 is 5.32 Å². The number of nitrogens with one attached hydrogen (secondary N) is 1. The van der Waals surface area contributed by atoms with Crippen molar-refractivity contribution in [3.05, 3.63) is 71.3 Å². The maximum absolute atomic E-state index is 13.1. The van der Waals surface area contributed by atoms with E-state index in [4.69, 9.17) is 0 Å². The quantitative estimate of drug-likeness (QED) is 0.830. The highest BCUT2D eigenvalue weighted by atomic mass is 16.2. The minimum Gasteiger partial charge on any atom is -0.299 e. The number of hydrogen-bond acceptors (Lipinski definition) is 3. The molecule has 4 heteroatoms. The van der Waals surface area contributed by atoms with E-state index in [0.29, 0.717) is 12.8 Å². The van der Waals surface area contributed by atoms with Crippen LogP contribution in [0.15, 0.2) is 54.6 Å². The Bertz CT molecular complexity index is 839. The summed E-state index contributed by atoms with van der Waals surface area (Å²) < 4.78 is 0. The Balaban J connectivity index is 1.51. The van der Waals surface area contributed by atoms with E-state index in [1.165, 1.54) is 11.1 Å². The van der Waals surface area contributed by atoms with Gasteiger partial charge in [-0.1, -0.05) is 60.2 Å². The molecule has 146 valence electrons. The molecule has 1 N–H and O–H groups in total. The van der Waals surface area contributed by atoms with Crippen molar-refractivity contribution in [2.75, 3.05) is 13.1 Å². The summed E-state index contributed by atoms with van der Waals surface area (Å²) in [5.74, 6) is 0.0116. The van der Waals surface area contributed by atoms with E-state index in [1.807, 2.05) is 30.3 Å².